The fourth-order valence-electron chi connectivity index (χ4n) is 2.61. The zero-order valence-electron chi connectivity index (χ0n) is 15.0. The molecule has 0 bridgehead atoms. The largest absolute Gasteiger partial charge is 0.370 e. The molecule has 0 saturated carbocycles. The zero-order chi connectivity index (χ0) is 19.4. The van der Waals surface area contributed by atoms with Gasteiger partial charge in [0.2, 0.25) is 0 Å². The summed E-state index contributed by atoms with van der Waals surface area (Å²) in [5.74, 6) is -2.80. The normalized spacial score (nSPS) is 14.9. The fourth-order valence-corrected chi connectivity index (χ4v) is 2.61. The van der Waals surface area contributed by atoms with Gasteiger partial charge in [-0.05, 0) is 38.0 Å². The number of aryl methyl sites for hydroxylation is 1. The van der Waals surface area contributed by atoms with Crippen molar-refractivity contribution in [2.24, 2.45) is 0 Å². The molecule has 2 heterocycles. The molecule has 1 aliphatic heterocycles. The first-order valence-corrected chi connectivity index (χ1v) is 8.50. The lowest BCUT2D eigenvalue weighted by atomic mass is 10.1. The van der Waals surface area contributed by atoms with E-state index in [4.69, 9.17) is 0 Å². The number of rotatable bonds is 5. The molecule has 0 saturated heterocycles. The third-order valence-corrected chi connectivity index (χ3v) is 4.04. The maximum Gasteiger partial charge on any atom is 0.164 e. The first-order chi connectivity index (χ1) is 13.0. The van der Waals surface area contributed by atoms with Crippen molar-refractivity contribution in [3.63, 3.8) is 0 Å². The first kappa shape index (κ1) is 18.7. The van der Waals surface area contributed by atoms with Gasteiger partial charge in [0.25, 0.3) is 0 Å². The van der Waals surface area contributed by atoms with Crippen molar-refractivity contribution in [1.29, 1.82) is 0 Å². The number of anilines is 1. The summed E-state index contributed by atoms with van der Waals surface area (Å²) < 4.78 is 40.6. The maximum absolute atomic E-state index is 14.0. The minimum Gasteiger partial charge on any atom is -0.370 e. The number of nitrogens with zero attached hydrogens (tertiary/aromatic N) is 2. The topological polar surface area (TPSA) is 49.8 Å². The molecule has 4 nitrogen and oxygen atoms in total. The molecule has 7 heteroatoms. The number of allylic oxidation sites excluding steroid dienone is 3. The van der Waals surface area contributed by atoms with E-state index in [-0.39, 0.29) is 11.4 Å². The van der Waals surface area contributed by atoms with Gasteiger partial charge in [-0.2, -0.15) is 0 Å². The molecule has 1 aliphatic rings. The van der Waals surface area contributed by atoms with Crippen molar-refractivity contribution in [3.05, 3.63) is 77.0 Å². The number of nitrogens with one attached hydrogen (secondary N) is 2. The van der Waals surface area contributed by atoms with Gasteiger partial charge >= 0.3 is 0 Å². The second-order valence-electron chi connectivity index (χ2n) is 6.08. The average molecular weight is 372 g/mol. The Morgan fingerprint density at radius 2 is 1.81 bits per heavy atom. The van der Waals surface area contributed by atoms with E-state index < -0.39 is 17.5 Å². The maximum atomic E-state index is 14.0. The van der Waals surface area contributed by atoms with Gasteiger partial charge in [-0.3, -0.25) is 0 Å². The Bertz CT molecular complexity index is 948. The quantitative estimate of drug-likeness (QED) is 0.752. The molecular formula is C20H19F3N4. The summed E-state index contributed by atoms with van der Waals surface area (Å²) in [6.45, 7) is 4.28. The molecule has 0 unspecified atom stereocenters. The number of halogens is 3. The predicted octanol–water partition coefficient (Wildman–Crippen LogP) is 4.62. The average Bonchev–Trinajstić information content (AvgIpc) is 2.65. The van der Waals surface area contributed by atoms with Crippen LogP contribution in [0.25, 0.3) is 11.4 Å². The molecule has 2 aromatic rings. The van der Waals surface area contributed by atoms with Gasteiger partial charge in [0.15, 0.2) is 17.5 Å². The van der Waals surface area contributed by atoms with E-state index in [1.165, 1.54) is 0 Å². The Kier molecular flexibility index (Phi) is 5.59. The lowest BCUT2D eigenvalue weighted by Crippen LogP contribution is -2.11. The second-order valence-corrected chi connectivity index (χ2v) is 6.08. The Morgan fingerprint density at radius 1 is 1.04 bits per heavy atom. The molecule has 1 aromatic carbocycles. The van der Waals surface area contributed by atoms with Crippen molar-refractivity contribution in [1.82, 2.24) is 15.3 Å². The third kappa shape index (κ3) is 4.55. The summed E-state index contributed by atoms with van der Waals surface area (Å²) in [6.07, 6.45) is 8.68. The summed E-state index contributed by atoms with van der Waals surface area (Å²) in [6, 6.07) is 2.98. The van der Waals surface area contributed by atoms with E-state index in [2.05, 4.69) is 20.6 Å². The Labute approximate surface area is 155 Å². The van der Waals surface area contributed by atoms with Crippen LogP contribution in [0.5, 0.6) is 0 Å². The SMILES string of the molecule is C/C=C1\C=CC(CCNc2cc(C)nc(-c3cc(F)c(F)cc3F)n2)=CN1. The lowest BCUT2D eigenvalue weighted by molar-refractivity contribution is 0.496. The molecule has 2 N–H and O–H groups in total. The monoisotopic (exact) mass is 372 g/mol. The molecule has 27 heavy (non-hydrogen) atoms. The number of hydrogen-bond donors (Lipinski definition) is 2. The third-order valence-electron chi connectivity index (χ3n) is 4.04. The molecule has 0 fully saturated rings. The van der Waals surface area contributed by atoms with E-state index in [1.54, 1.807) is 13.0 Å². The van der Waals surface area contributed by atoms with Crippen LogP contribution in [0.4, 0.5) is 19.0 Å². The number of aromatic nitrogens is 2. The van der Waals surface area contributed by atoms with Gasteiger partial charge in [0.1, 0.15) is 11.6 Å². The highest BCUT2D eigenvalue weighted by molar-refractivity contribution is 5.58. The van der Waals surface area contributed by atoms with E-state index >= 15 is 0 Å². The van der Waals surface area contributed by atoms with Crippen molar-refractivity contribution < 1.29 is 13.2 Å². The Hall–Kier alpha value is -3.09. The molecule has 0 spiro atoms. The minimum absolute atomic E-state index is 0.00469. The molecule has 0 amide bonds. The van der Waals surface area contributed by atoms with E-state index in [9.17, 15) is 13.2 Å². The lowest BCUT2D eigenvalue weighted by Gasteiger charge is -2.13. The molecule has 0 radical (unpaired) electrons. The fraction of sp³-hybridized carbons (Fsp3) is 0.200. The van der Waals surface area contributed by atoms with Crippen molar-refractivity contribution in [3.8, 4) is 11.4 Å². The molecular weight excluding hydrogens is 353 g/mol. The second kappa shape index (κ2) is 8.07. The van der Waals surface area contributed by atoms with Gasteiger partial charge in [-0.25, -0.2) is 23.1 Å². The van der Waals surface area contributed by atoms with Crippen LogP contribution in [-0.2, 0) is 0 Å². The summed E-state index contributed by atoms with van der Waals surface area (Å²) in [7, 11) is 0. The van der Waals surface area contributed by atoms with Gasteiger partial charge in [0, 0.05) is 36.3 Å². The predicted molar refractivity (Wildman–Crippen MR) is 99.3 cm³/mol. The van der Waals surface area contributed by atoms with E-state index in [1.807, 2.05) is 31.4 Å². The zero-order valence-corrected chi connectivity index (χ0v) is 15.0. The van der Waals surface area contributed by atoms with Crippen LogP contribution >= 0.6 is 0 Å². The van der Waals surface area contributed by atoms with Crippen LogP contribution in [0.15, 0.2) is 53.9 Å². The number of hydrogen-bond acceptors (Lipinski definition) is 4. The summed E-state index contributed by atoms with van der Waals surface area (Å²) in [5.41, 5.74) is 2.56. The van der Waals surface area contributed by atoms with E-state index in [0.29, 0.717) is 24.1 Å². The van der Waals surface area contributed by atoms with Crippen molar-refractivity contribution in [2.45, 2.75) is 20.3 Å². The summed E-state index contributed by atoms with van der Waals surface area (Å²) >= 11 is 0. The summed E-state index contributed by atoms with van der Waals surface area (Å²) in [5, 5.41) is 6.33. The Balaban J connectivity index is 1.72. The molecule has 0 aliphatic carbocycles. The smallest absolute Gasteiger partial charge is 0.164 e. The van der Waals surface area contributed by atoms with Crippen LogP contribution < -0.4 is 10.6 Å². The standard InChI is InChI=1S/C20H19F3N4/c1-3-14-5-4-13(11-25-14)6-7-24-19-8-12(2)26-20(27-19)15-9-17(22)18(23)10-16(15)21/h3-5,8-11,25H,6-7H2,1-2H3,(H,24,26,27)/b14-3+. The van der Waals surface area contributed by atoms with Crippen LogP contribution in [0, 0.1) is 24.4 Å². The van der Waals surface area contributed by atoms with Gasteiger partial charge in [-0.1, -0.05) is 12.2 Å². The summed E-state index contributed by atoms with van der Waals surface area (Å²) in [4.78, 5) is 8.36. The van der Waals surface area contributed by atoms with Crippen LogP contribution in [-0.4, -0.2) is 16.5 Å². The van der Waals surface area contributed by atoms with Gasteiger partial charge in [-0.15, -0.1) is 0 Å². The molecule has 140 valence electrons. The van der Waals surface area contributed by atoms with Crippen LogP contribution in [0.1, 0.15) is 19.0 Å². The van der Waals surface area contributed by atoms with Crippen LogP contribution in [0.3, 0.4) is 0 Å². The minimum atomic E-state index is -1.24. The highest BCUT2D eigenvalue weighted by atomic mass is 19.2. The van der Waals surface area contributed by atoms with E-state index in [0.717, 1.165) is 23.8 Å². The van der Waals surface area contributed by atoms with Crippen LogP contribution in [0.2, 0.25) is 0 Å². The molecule has 3 rings (SSSR count). The first-order valence-electron chi connectivity index (χ1n) is 8.50. The Morgan fingerprint density at radius 3 is 2.52 bits per heavy atom. The number of benzene rings is 1. The molecule has 1 aromatic heterocycles. The van der Waals surface area contributed by atoms with Crippen molar-refractivity contribution >= 4 is 5.82 Å². The van der Waals surface area contributed by atoms with Gasteiger partial charge in [0.05, 0.1) is 5.56 Å². The molecule has 0 atom stereocenters. The number of dihydropyridines is 1. The van der Waals surface area contributed by atoms with Gasteiger partial charge < -0.3 is 10.6 Å². The van der Waals surface area contributed by atoms with Crippen molar-refractivity contribution in [2.75, 3.05) is 11.9 Å². The highest BCUT2D eigenvalue weighted by Crippen LogP contribution is 2.24. The highest BCUT2D eigenvalue weighted by Gasteiger charge is 2.15.